The van der Waals surface area contributed by atoms with Crippen LogP contribution in [-0.2, 0) is 4.79 Å². The maximum absolute atomic E-state index is 11.6. The van der Waals surface area contributed by atoms with E-state index in [1.807, 2.05) is 6.92 Å². The van der Waals surface area contributed by atoms with Crippen LogP contribution in [0.1, 0.15) is 26.2 Å². The zero-order valence-corrected chi connectivity index (χ0v) is 8.99. The first-order chi connectivity index (χ1) is 6.69. The molecule has 0 aromatic rings. The SMILES string of the molecule is CCCC(O)CN1CCC(NC)C1=O. The van der Waals surface area contributed by atoms with Crippen LogP contribution in [0.4, 0.5) is 0 Å². The topological polar surface area (TPSA) is 52.6 Å². The first-order valence-corrected chi connectivity index (χ1v) is 5.33. The summed E-state index contributed by atoms with van der Waals surface area (Å²) in [6.07, 6.45) is 2.22. The Balaban J connectivity index is 2.36. The Morgan fingerprint density at radius 2 is 2.43 bits per heavy atom. The van der Waals surface area contributed by atoms with Crippen molar-refractivity contribution in [2.45, 2.75) is 38.3 Å². The summed E-state index contributed by atoms with van der Waals surface area (Å²) in [7, 11) is 1.80. The van der Waals surface area contributed by atoms with Crippen LogP contribution >= 0.6 is 0 Å². The van der Waals surface area contributed by atoms with Gasteiger partial charge in [-0.05, 0) is 19.9 Å². The largest absolute Gasteiger partial charge is 0.391 e. The smallest absolute Gasteiger partial charge is 0.239 e. The second-order valence-electron chi connectivity index (χ2n) is 3.86. The Labute approximate surface area is 85.3 Å². The Morgan fingerprint density at radius 1 is 1.71 bits per heavy atom. The molecule has 1 fully saturated rings. The summed E-state index contributed by atoms with van der Waals surface area (Å²) in [5.74, 6) is 0.127. The van der Waals surface area contributed by atoms with E-state index < -0.39 is 0 Å². The van der Waals surface area contributed by atoms with E-state index in [0.29, 0.717) is 6.54 Å². The molecular formula is C10H20N2O2. The zero-order valence-electron chi connectivity index (χ0n) is 8.99. The molecule has 1 amide bonds. The number of β-amino-alcohol motifs (C(OH)–C–C–N with tert-alkyl or cyclic N) is 1. The van der Waals surface area contributed by atoms with E-state index in [4.69, 9.17) is 0 Å². The average Bonchev–Trinajstić information content (AvgIpc) is 2.48. The number of aliphatic hydroxyl groups excluding tert-OH is 1. The standard InChI is InChI=1S/C10H20N2O2/c1-3-4-8(13)7-12-6-5-9(11-2)10(12)14/h8-9,11,13H,3-7H2,1-2H3. The summed E-state index contributed by atoms with van der Waals surface area (Å²) in [5, 5.41) is 12.5. The predicted octanol–water partition coefficient (Wildman–Crippen LogP) is -0.0323. The number of amides is 1. The van der Waals surface area contributed by atoms with Gasteiger partial charge in [0.05, 0.1) is 12.1 Å². The average molecular weight is 200 g/mol. The van der Waals surface area contributed by atoms with Crippen LogP contribution < -0.4 is 5.32 Å². The number of aliphatic hydroxyl groups is 1. The van der Waals surface area contributed by atoms with Crippen molar-refractivity contribution in [3.8, 4) is 0 Å². The van der Waals surface area contributed by atoms with Crippen LogP contribution in [0.3, 0.4) is 0 Å². The summed E-state index contributed by atoms with van der Waals surface area (Å²) in [5.41, 5.74) is 0. The first kappa shape index (κ1) is 11.5. The predicted molar refractivity (Wildman–Crippen MR) is 55.0 cm³/mol. The fourth-order valence-electron chi connectivity index (χ4n) is 1.87. The van der Waals surface area contributed by atoms with Gasteiger partial charge in [0.15, 0.2) is 0 Å². The normalized spacial score (nSPS) is 24.4. The number of rotatable bonds is 5. The van der Waals surface area contributed by atoms with Gasteiger partial charge in [-0.2, -0.15) is 0 Å². The van der Waals surface area contributed by atoms with Crippen molar-refractivity contribution in [1.82, 2.24) is 10.2 Å². The monoisotopic (exact) mass is 200 g/mol. The molecule has 82 valence electrons. The van der Waals surface area contributed by atoms with Crippen LogP contribution in [0.5, 0.6) is 0 Å². The maximum Gasteiger partial charge on any atom is 0.239 e. The van der Waals surface area contributed by atoms with E-state index in [1.54, 1.807) is 11.9 Å². The fraction of sp³-hybridized carbons (Fsp3) is 0.900. The lowest BCUT2D eigenvalue weighted by molar-refractivity contribution is -0.130. The van der Waals surface area contributed by atoms with E-state index in [2.05, 4.69) is 5.32 Å². The van der Waals surface area contributed by atoms with Gasteiger partial charge in [-0.3, -0.25) is 4.79 Å². The molecule has 1 rings (SSSR count). The van der Waals surface area contributed by atoms with E-state index in [1.165, 1.54) is 0 Å². The summed E-state index contributed by atoms with van der Waals surface area (Å²) < 4.78 is 0. The van der Waals surface area contributed by atoms with Crippen LogP contribution in [0.25, 0.3) is 0 Å². The van der Waals surface area contributed by atoms with Crippen molar-refractivity contribution in [3.63, 3.8) is 0 Å². The third-order valence-corrected chi connectivity index (χ3v) is 2.70. The molecule has 2 unspecified atom stereocenters. The number of hydrogen-bond donors (Lipinski definition) is 2. The highest BCUT2D eigenvalue weighted by atomic mass is 16.3. The molecule has 2 N–H and O–H groups in total. The molecule has 2 atom stereocenters. The molecule has 4 nitrogen and oxygen atoms in total. The van der Waals surface area contributed by atoms with Crippen LogP contribution in [-0.4, -0.2) is 48.2 Å². The lowest BCUT2D eigenvalue weighted by atomic mass is 10.2. The number of carbonyl (C=O) groups excluding carboxylic acids is 1. The van der Waals surface area contributed by atoms with Gasteiger partial charge in [0.25, 0.3) is 0 Å². The third kappa shape index (κ3) is 2.69. The molecule has 14 heavy (non-hydrogen) atoms. The molecule has 0 saturated carbocycles. The number of hydrogen-bond acceptors (Lipinski definition) is 3. The molecule has 0 bridgehead atoms. The van der Waals surface area contributed by atoms with Crippen LogP contribution in [0, 0.1) is 0 Å². The summed E-state index contributed by atoms with van der Waals surface area (Å²) in [4.78, 5) is 13.4. The van der Waals surface area contributed by atoms with Gasteiger partial charge in [0.2, 0.25) is 5.91 Å². The maximum atomic E-state index is 11.6. The minimum atomic E-state index is -0.362. The lowest BCUT2D eigenvalue weighted by Gasteiger charge is -2.20. The van der Waals surface area contributed by atoms with Gasteiger partial charge in [-0.1, -0.05) is 13.3 Å². The Hall–Kier alpha value is -0.610. The summed E-state index contributed by atoms with van der Waals surface area (Å²) >= 11 is 0. The molecule has 1 aliphatic rings. The van der Waals surface area contributed by atoms with E-state index in [0.717, 1.165) is 25.8 Å². The van der Waals surface area contributed by atoms with Gasteiger partial charge in [-0.25, -0.2) is 0 Å². The second-order valence-corrected chi connectivity index (χ2v) is 3.86. The molecular weight excluding hydrogens is 180 g/mol. The molecule has 1 aliphatic heterocycles. The second kappa shape index (κ2) is 5.32. The van der Waals surface area contributed by atoms with Gasteiger partial charge in [-0.15, -0.1) is 0 Å². The molecule has 0 aromatic carbocycles. The highest BCUT2D eigenvalue weighted by Gasteiger charge is 2.30. The lowest BCUT2D eigenvalue weighted by Crippen LogP contribution is -2.39. The minimum absolute atomic E-state index is 0.0381. The Morgan fingerprint density at radius 3 is 2.93 bits per heavy atom. The molecule has 1 saturated heterocycles. The van der Waals surface area contributed by atoms with Crippen molar-refractivity contribution in [1.29, 1.82) is 0 Å². The number of likely N-dealkylation sites (N-methyl/N-ethyl adjacent to an activating group) is 1. The Kier molecular flexibility index (Phi) is 4.35. The highest BCUT2D eigenvalue weighted by molar-refractivity contribution is 5.83. The number of carbonyl (C=O) groups is 1. The van der Waals surface area contributed by atoms with Gasteiger partial charge < -0.3 is 15.3 Å². The zero-order chi connectivity index (χ0) is 10.6. The van der Waals surface area contributed by atoms with E-state index in [-0.39, 0.29) is 18.1 Å². The molecule has 0 aliphatic carbocycles. The molecule has 1 heterocycles. The molecule has 0 aromatic heterocycles. The summed E-state index contributed by atoms with van der Waals surface area (Å²) in [6, 6.07) is -0.0381. The van der Waals surface area contributed by atoms with Gasteiger partial charge in [0.1, 0.15) is 0 Å². The van der Waals surface area contributed by atoms with Crippen molar-refractivity contribution in [2.75, 3.05) is 20.1 Å². The van der Waals surface area contributed by atoms with Crippen LogP contribution in [0.15, 0.2) is 0 Å². The molecule has 4 heteroatoms. The van der Waals surface area contributed by atoms with E-state index >= 15 is 0 Å². The first-order valence-electron chi connectivity index (χ1n) is 5.33. The highest BCUT2D eigenvalue weighted by Crippen LogP contribution is 2.12. The van der Waals surface area contributed by atoms with E-state index in [9.17, 15) is 9.90 Å². The summed E-state index contributed by atoms with van der Waals surface area (Å²) in [6.45, 7) is 3.29. The third-order valence-electron chi connectivity index (χ3n) is 2.70. The molecule has 0 radical (unpaired) electrons. The van der Waals surface area contributed by atoms with Crippen molar-refractivity contribution in [2.24, 2.45) is 0 Å². The van der Waals surface area contributed by atoms with Crippen molar-refractivity contribution in [3.05, 3.63) is 0 Å². The number of likely N-dealkylation sites (tertiary alicyclic amines) is 1. The van der Waals surface area contributed by atoms with Gasteiger partial charge in [0, 0.05) is 13.1 Å². The van der Waals surface area contributed by atoms with Crippen LogP contribution in [0.2, 0.25) is 0 Å². The quantitative estimate of drug-likeness (QED) is 0.655. The van der Waals surface area contributed by atoms with Gasteiger partial charge >= 0.3 is 0 Å². The Bertz CT molecular complexity index is 197. The van der Waals surface area contributed by atoms with Crippen molar-refractivity contribution >= 4 is 5.91 Å². The van der Waals surface area contributed by atoms with Crippen molar-refractivity contribution < 1.29 is 9.90 Å². The fourth-order valence-corrected chi connectivity index (χ4v) is 1.87. The number of nitrogens with one attached hydrogen (secondary N) is 1. The molecule has 0 spiro atoms. The minimum Gasteiger partial charge on any atom is -0.391 e. The number of nitrogens with zero attached hydrogens (tertiary/aromatic N) is 1.